The first-order valence-corrected chi connectivity index (χ1v) is 47.1. The molecule has 9 heteroatoms. The van der Waals surface area contributed by atoms with E-state index < -0.39 is 0 Å². The first-order chi connectivity index (χ1) is 61.0. The van der Waals surface area contributed by atoms with Crippen LogP contribution < -0.4 is 78.4 Å². The number of fused-ring (bicyclic) bond motifs is 16. The zero-order valence-corrected chi connectivity index (χ0v) is 79.8. The standard InChI is InChI=1S/C120H116B3N5O/c1-113(2,3)77-54-78(114(4,5)6)59-85(58-77)124-97-50-72-40-30-28-38-70(72)46-91(97)121-93-66-94-100(67-99(93)126(87-62-81(117(13,14)15)56-82(63-87)118(16,17)18)102-53-76(52-101(124)105(102)121)69-36-26-25-27-37-69)127(88-64-83(119(19,20)21)57-84(65-88)120(22,23)24)104-68-103-106-110-107(104)123(94)96-49-75-43-33-35-45-90(75)112-109(96)128(110)108-95(48-74-42-32-34-44-89(74)111(108)129-112)122(106)92-47-71-39-29-31-41-73(71)51-98(92)125(103)86-60-79(115(7,8)9)55-80(61-86)116(10,11)12/h25-68H,1-24H3. The van der Waals surface area contributed by atoms with E-state index >= 15 is 0 Å². The molecular weight excluding hydrogens is 1560 g/mol. The predicted molar refractivity (Wildman–Crippen MR) is 559 cm³/mol. The molecule has 0 aromatic heterocycles. The fraction of sp³-hybridized carbons (Fsp3) is 0.267. The van der Waals surface area contributed by atoms with Gasteiger partial charge in [0.15, 0.2) is 11.5 Å². The van der Waals surface area contributed by atoms with Gasteiger partial charge in [0.2, 0.25) is 0 Å². The average molecular weight is 1680 g/mol. The topological polar surface area (TPSA) is 25.4 Å². The molecule has 0 unspecified atom stereocenters. The van der Waals surface area contributed by atoms with Crippen LogP contribution in [-0.4, -0.2) is 20.1 Å². The first kappa shape index (κ1) is 81.1. The van der Waals surface area contributed by atoms with Gasteiger partial charge in [0.05, 0.1) is 11.4 Å². The van der Waals surface area contributed by atoms with Crippen LogP contribution in [0.15, 0.2) is 267 Å². The summed E-state index contributed by atoms with van der Waals surface area (Å²) in [6, 6.07) is 107. The van der Waals surface area contributed by atoms with Gasteiger partial charge in [-0.05, 0) is 265 Å². The molecule has 0 saturated carbocycles. The van der Waals surface area contributed by atoms with Crippen molar-refractivity contribution in [3.63, 3.8) is 0 Å². The molecule has 0 spiro atoms. The Bertz CT molecular complexity index is 7470. The van der Waals surface area contributed by atoms with Crippen LogP contribution in [0.1, 0.15) is 211 Å². The Labute approximate surface area is 765 Å². The van der Waals surface area contributed by atoms with Crippen LogP contribution in [0.25, 0.3) is 54.2 Å². The quantitative estimate of drug-likeness (QED) is 0.159. The van der Waals surface area contributed by atoms with Gasteiger partial charge in [-0.1, -0.05) is 348 Å². The molecule has 23 rings (SSSR count). The number of benzene rings is 16. The summed E-state index contributed by atoms with van der Waals surface area (Å²) < 4.78 is 8.22. The molecule has 16 aromatic rings. The maximum absolute atomic E-state index is 8.22. The minimum absolute atomic E-state index is 0.170. The normalized spacial score (nSPS) is 14.8. The molecule has 0 N–H and O–H groups in total. The van der Waals surface area contributed by atoms with E-state index in [1.165, 1.54) is 161 Å². The predicted octanol–water partition coefficient (Wildman–Crippen LogP) is 27.2. The van der Waals surface area contributed by atoms with Crippen molar-refractivity contribution in [1.29, 1.82) is 0 Å². The summed E-state index contributed by atoms with van der Waals surface area (Å²) in [6.45, 7) is 56.7. The lowest BCUT2D eigenvalue weighted by molar-refractivity contribution is 0.489. The highest BCUT2D eigenvalue weighted by molar-refractivity contribution is 7.06. The summed E-state index contributed by atoms with van der Waals surface area (Å²) in [6.07, 6.45) is 0. The van der Waals surface area contributed by atoms with Gasteiger partial charge in [-0.3, -0.25) is 0 Å². The number of ether oxygens (including phenoxy) is 1. The Kier molecular flexibility index (Phi) is 17.0. The molecule has 6 nitrogen and oxygen atoms in total. The van der Waals surface area contributed by atoms with Crippen LogP contribution in [0.2, 0.25) is 0 Å². The van der Waals surface area contributed by atoms with E-state index in [9.17, 15) is 0 Å². The monoisotopic (exact) mass is 1680 g/mol. The lowest BCUT2D eigenvalue weighted by Crippen LogP contribution is -2.69. The average Bonchev–Trinajstić information content (AvgIpc) is 0.651. The number of rotatable bonds is 5. The minimum atomic E-state index is -0.353. The van der Waals surface area contributed by atoms with E-state index in [1.54, 1.807) is 0 Å². The lowest BCUT2D eigenvalue weighted by Gasteiger charge is -2.53. The number of anilines is 15. The fourth-order valence-corrected chi connectivity index (χ4v) is 22.4. The van der Waals surface area contributed by atoms with Crippen molar-refractivity contribution in [2.24, 2.45) is 0 Å². The van der Waals surface area contributed by atoms with Crippen LogP contribution in [0.4, 0.5) is 85.3 Å². The van der Waals surface area contributed by atoms with Gasteiger partial charge in [-0.2, -0.15) is 0 Å². The molecule has 16 aromatic carbocycles. The lowest BCUT2D eigenvalue weighted by atomic mass is 9.27. The number of hydrogen-bond donors (Lipinski definition) is 0. The van der Waals surface area contributed by atoms with Gasteiger partial charge in [0.25, 0.3) is 20.1 Å². The highest BCUT2D eigenvalue weighted by Crippen LogP contribution is 2.61. The van der Waals surface area contributed by atoms with Crippen molar-refractivity contribution in [3.05, 3.63) is 311 Å². The Balaban J connectivity index is 0.933. The van der Waals surface area contributed by atoms with E-state index in [2.05, 4.69) is 458 Å². The molecule has 0 saturated heterocycles. The van der Waals surface area contributed by atoms with Gasteiger partial charge >= 0.3 is 0 Å². The van der Waals surface area contributed by atoms with Crippen LogP contribution in [-0.2, 0) is 43.3 Å². The van der Waals surface area contributed by atoms with Gasteiger partial charge in [-0.15, -0.1) is 0 Å². The first-order valence-electron chi connectivity index (χ1n) is 47.1. The van der Waals surface area contributed by atoms with Gasteiger partial charge < -0.3 is 29.2 Å². The zero-order chi connectivity index (χ0) is 89.8. The van der Waals surface area contributed by atoms with Crippen molar-refractivity contribution in [1.82, 2.24) is 0 Å². The second-order valence-corrected chi connectivity index (χ2v) is 46.8. The van der Waals surface area contributed by atoms with E-state index in [0.29, 0.717) is 0 Å². The molecule has 636 valence electrons. The minimum Gasteiger partial charge on any atom is -0.452 e. The molecule has 0 radical (unpaired) electrons. The molecule has 129 heavy (non-hydrogen) atoms. The third-order valence-corrected chi connectivity index (χ3v) is 29.7. The molecule has 7 aliphatic heterocycles. The van der Waals surface area contributed by atoms with Crippen molar-refractivity contribution in [3.8, 4) is 22.6 Å². The zero-order valence-electron chi connectivity index (χ0n) is 79.8. The molecule has 0 fully saturated rings. The summed E-state index contributed by atoms with van der Waals surface area (Å²) in [7, 11) is 0. The van der Waals surface area contributed by atoms with Crippen molar-refractivity contribution < 1.29 is 4.74 Å². The third-order valence-electron chi connectivity index (χ3n) is 29.7. The van der Waals surface area contributed by atoms with E-state index in [-0.39, 0.29) is 63.5 Å². The number of nitrogens with zero attached hydrogens (tertiary/aromatic N) is 5. The van der Waals surface area contributed by atoms with Crippen LogP contribution in [0.5, 0.6) is 11.5 Å². The second-order valence-electron chi connectivity index (χ2n) is 46.8. The summed E-state index contributed by atoms with van der Waals surface area (Å²) in [5.41, 5.74) is 40.0. The largest absolute Gasteiger partial charge is 0.452 e. The Morgan fingerprint density at radius 2 is 0.450 bits per heavy atom. The maximum Gasteiger partial charge on any atom is 0.252 e. The van der Waals surface area contributed by atoms with Crippen LogP contribution in [0, 0.1) is 0 Å². The summed E-state index contributed by atoms with van der Waals surface area (Å²) >= 11 is 0. The second kappa shape index (κ2) is 27.1. The van der Waals surface area contributed by atoms with E-state index in [4.69, 9.17) is 4.74 Å². The van der Waals surface area contributed by atoms with Crippen molar-refractivity contribution in [2.45, 2.75) is 209 Å². The smallest absolute Gasteiger partial charge is 0.252 e. The van der Waals surface area contributed by atoms with Crippen molar-refractivity contribution >= 4 is 198 Å². The summed E-state index contributed by atoms with van der Waals surface area (Å²) in [5.74, 6) is 1.80. The Morgan fingerprint density at radius 3 is 0.775 bits per heavy atom. The Morgan fingerprint density at radius 1 is 0.194 bits per heavy atom. The SMILES string of the molecule is CC(C)(C)c1cc(N2c3cc4c(cc3B3c5cc6ccccc6cc5N(c5cc(C(C)(C)C)cc(C(C)(C)C)c5)c5cc(-c6ccccc6)cc2c53)B2c3cc5ccccc5c5c3N3c6c2c(cc2c6B(c6cc7ccccc7cc6N2c2cc(C(C)(C)C)cc(C(C)(C)C)c2)c2cc6ccccc6c(c23)O5)N4c2cc(C(C)(C)C)cc(C(C)(C)C)c2)cc(C(C)(C)C)c1. The maximum atomic E-state index is 8.22. The van der Waals surface area contributed by atoms with Crippen LogP contribution >= 0.6 is 0 Å². The molecule has 0 bridgehead atoms. The summed E-state index contributed by atoms with van der Waals surface area (Å²) in [5, 5.41) is 9.35. The summed E-state index contributed by atoms with van der Waals surface area (Å²) in [4.78, 5) is 13.8. The van der Waals surface area contributed by atoms with Crippen molar-refractivity contribution in [2.75, 3.05) is 24.5 Å². The highest BCUT2D eigenvalue weighted by atomic mass is 16.5. The Hall–Kier alpha value is -12.4. The van der Waals surface area contributed by atoms with Crippen LogP contribution in [0.3, 0.4) is 0 Å². The molecule has 0 atom stereocenters. The molecular formula is C120H116B3N5O. The molecule has 7 heterocycles. The highest BCUT2D eigenvalue weighted by Gasteiger charge is 2.57. The fourth-order valence-electron chi connectivity index (χ4n) is 22.4. The van der Waals surface area contributed by atoms with Gasteiger partial charge in [0, 0.05) is 84.7 Å². The van der Waals surface area contributed by atoms with Gasteiger partial charge in [-0.25, -0.2) is 0 Å². The molecule has 0 aliphatic carbocycles. The number of hydrogen-bond acceptors (Lipinski definition) is 6. The molecule has 7 aliphatic rings. The third kappa shape index (κ3) is 12.3. The van der Waals surface area contributed by atoms with E-state index in [1.807, 2.05) is 0 Å². The van der Waals surface area contributed by atoms with E-state index in [0.717, 1.165) is 84.1 Å². The molecule has 0 amide bonds. The van der Waals surface area contributed by atoms with Gasteiger partial charge in [0.1, 0.15) is 0 Å².